The summed E-state index contributed by atoms with van der Waals surface area (Å²) >= 11 is 12.1. The fraction of sp³-hybridized carbons (Fsp3) is 0.154. The number of hydrogen-bond donors (Lipinski definition) is 1. The predicted molar refractivity (Wildman–Crippen MR) is 73.5 cm³/mol. The second-order valence-corrected chi connectivity index (χ2v) is 4.67. The first kappa shape index (κ1) is 12.2. The predicted octanol–water partition coefficient (Wildman–Crippen LogP) is 4.75. The van der Waals surface area contributed by atoms with Gasteiger partial charge >= 0.3 is 0 Å². The summed E-state index contributed by atoms with van der Waals surface area (Å²) < 4.78 is 0. The van der Waals surface area contributed by atoms with Crippen LogP contribution in [0.1, 0.15) is 11.1 Å². The molecule has 0 aliphatic heterocycles. The van der Waals surface area contributed by atoms with E-state index < -0.39 is 0 Å². The summed E-state index contributed by atoms with van der Waals surface area (Å²) in [6, 6.07) is 7.87. The van der Waals surface area contributed by atoms with E-state index in [0.717, 1.165) is 11.3 Å². The Morgan fingerprint density at radius 2 is 1.88 bits per heavy atom. The molecule has 0 aliphatic carbocycles. The van der Waals surface area contributed by atoms with E-state index in [0.29, 0.717) is 15.9 Å². The Bertz CT molecular complexity index is 533. The Kier molecular flexibility index (Phi) is 3.55. The number of halogens is 2. The lowest BCUT2D eigenvalue weighted by atomic mass is 10.1. The minimum absolute atomic E-state index is 0.374. The summed E-state index contributed by atoms with van der Waals surface area (Å²) in [7, 11) is 0. The van der Waals surface area contributed by atoms with E-state index in [9.17, 15) is 0 Å². The number of aryl methyl sites for hydroxylation is 2. The van der Waals surface area contributed by atoms with Crippen LogP contribution < -0.4 is 5.32 Å². The molecule has 2 nitrogen and oxygen atoms in total. The van der Waals surface area contributed by atoms with Gasteiger partial charge in [0.25, 0.3) is 0 Å². The molecule has 4 heteroatoms. The third kappa shape index (κ3) is 2.71. The van der Waals surface area contributed by atoms with Crippen molar-refractivity contribution in [3.05, 3.63) is 51.8 Å². The van der Waals surface area contributed by atoms with Gasteiger partial charge in [-0.05, 0) is 37.1 Å². The van der Waals surface area contributed by atoms with Crippen molar-refractivity contribution < 1.29 is 0 Å². The Labute approximate surface area is 111 Å². The molecule has 0 radical (unpaired) electrons. The molecule has 0 saturated heterocycles. The van der Waals surface area contributed by atoms with Crippen molar-refractivity contribution in [3.63, 3.8) is 0 Å². The summed E-state index contributed by atoms with van der Waals surface area (Å²) in [6.07, 6.45) is 1.58. The maximum atomic E-state index is 6.08. The largest absolute Gasteiger partial charge is 0.352 e. The van der Waals surface area contributed by atoms with Crippen molar-refractivity contribution in [2.24, 2.45) is 0 Å². The topological polar surface area (TPSA) is 24.9 Å². The SMILES string of the molecule is Cc1ccc(C)c(Nc2c(Cl)ccnc2Cl)c1. The van der Waals surface area contributed by atoms with Gasteiger partial charge in [0.15, 0.2) is 5.15 Å². The van der Waals surface area contributed by atoms with Gasteiger partial charge < -0.3 is 5.32 Å². The molecule has 0 atom stereocenters. The monoisotopic (exact) mass is 266 g/mol. The molecule has 0 saturated carbocycles. The first-order valence-electron chi connectivity index (χ1n) is 5.22. The van der Waals surface area contributed by atoms with E-state index >= 15 is 0 Å². The van der Waals surface area contributed by atoms with Crippen molar-refractivity contribution in [2.75, 3.05) is 5.32 Å². The second kappa shape index (κ2) is 4.94. The van der Waals surface area contributed by atoms with Gasteiger partial charge in [0, 0.05) is 11.9 Å². The van der Waals surface area contributed by atoms with Gasteiger partial charge in [0.1, 0.15) is 0 Å². The maximum absolute atomic E-state index is 6.08. The van der Waals surface area contributed by atoms with Crippen molar-refractivity contribution in [3.8, 4) is 0 Å². The van der Waals surface area contributed by atoms with Crippen LogP contribution in [0.4, 0.5) is 11.4 Å². The molecule has 0 bridgehead atoms. The van der Waals surface area contributed by atoms with Crippen LogP contribution in [0.15, 0.2) is 30.5 Å². The van der Waals surface area contributed by atoms with Crippen molar-refractivity contribution in [2.45, 2.75) is 13.8 Å². The first-order valence-corrected chi connectivity index (χ1v) is 5.98. The fourth-order valence-corrected chi connectivity index (χ4v) is 1.98. The van der Waals surface area contributed by atoms with Gasteiger partial charge in [0.05, 0.1) is 10.7 Å². The van der Waals surface area contributed by atoms with Crippen molar-refractivity contribution in [1.82, 2.24) is 4.98 Å². The third-order valence-electron chi connectivity index (χ3n) is 2.51. The Morgan fingerprint density at radius 1 is 1.12 bits per heavy atom. The zero-order chi connectivity index (χ0) is 12.4. The van der Waals surface area contributed by atoms with E-state index in [1.807, 2.05) is 13.8 Å². The summed E-state index contributed by atoms with van der Waals surface area (Å²) in [5, 5.41) is 4.16. The van der Waals surface area contributed by atoms with Crippen LogP contribution in [-0.4, -0.2) is 4.98 Å². The molecule has 1 heterocycles. The summed E-state index contributed by atoms with van der Waals surface area (Å²) in [5.74, 6) is 0. The summed E-state index contributed by atoms with van der Waals surface area (Å²) in [4.78, 5) is 4.01. The Balaban J connectivity index is 2.41. The molecule has 0 amide bonds. The van der Waals surface area contributed by atoms with E-state index in [1.54, 1.807) is 12.3 Å². The lowest BCUT2D eigenvalue weighted by molar-refractivity contribution is 1.31. The van der Waals surface area contributed by atoms with Gasteiger partial charge in [-0.3, -0.25) is 0 Å². The van der Waals surface area contributed by atoms with Crippen molar-refractivity contribution in [1.29, 1.82) is 0 Å². The first-order chi connectivity index (χ1) is 8.08. The van der Waals surface area contributed by atoms with Crippen LogP contribution in [0.5, 0.6) is 0 Å². The Morgan fingerprint density at radius 3 is 2.59 bits per heavy atom. The third-order valence-corrected chi connectivity index (χ3v) is 3.11. The molecule has 1 aromatic heterocycles. The minimum Gasteiger partial charge on any atom is -0.352 e. The molecule has 0 unspecified atom stereocenters. The standard InChI is InChI=1S/C13H12Cl2N2/c1-8-3-4-9(2)11(7-8)17-12-10(14)5-6-16-13(12)15/h3-7,17H,1-2H3. The Hall–Kier alpha value is -1.25. The van der Waals surface area contributed by atoms with Crippen LogP contribution in [0.2, 0.25) is 10.2 Å². The zero-order valence-corrected chi connectivity index (χ0v) is 11.1. The lowest BCUT2D eigenvalue weighted by Crippen LogP contribution is -1.96. The maximum Gasteiger partial charge on any atom is 0.153 e. The van der Waals surface area contributed by atoms with Gasteiger partial charge in [0.2, 0.25) is 0 Å². The quantitative estimate of drug-likeness (QED) is 0.794. The molecule has 1 aromatic carbocycles. The zero-order valence-electron chi connectivity index (χ0n) is 9.59. The molecule has 0 spiro atoms. The normalized spacial score (nSPS) is 10.4. The second-order valence-electron chi connectivity index (χ2n) is 3.90. The highest BCUT2D eigenvalue weighted by Gasteiger charge is 2.08. The average Bonchev–Trinajstić information content (AvgIpc) is 2.28. The van der Waals surface area contributed by atoms with Crippen LogP contribution in [0.25, 0.3) is 0 Å². The smallest absolute Gasteiger partial charge is 0.153 e. The highest BCUT2D eigenvalue weighted by atomic mass is 35.5. The van der Waals surface area contributed by atoms with Gasteiger partial charge in [-0.1, -0.05) is 35.3 Å². The molecule has 0 aliphatic rings. The summed E-state index contributed by atoms with van der Waals surface area (Å²) in [5.41, 5.74) is 3.94. The van der Waals surface area contributed by atoms with E-state index in [1.165, 1.54) is 5.56 Å². The van der Waals surface area contributed by atoms with E-state index in [4.69, 9.17) is 23.2 Å². The average molecular weight is 267 g/mol. The van der Waals surface area contributed by atoms with E-state index in [-0.39, 0.29) is 0 Å². The van der Waals surface area contributed by atoms with E-state index in [2.05, 4.69) is 28.5 Å². The number of rotatable bonds is 2. The number of aromatic nitrogens is 1. The highest BCUT2D eigenvalue weighted by molar-refractivity contribution is 6.38. The molecule has 2 aromatic rings. The fourth-order valence-electron chi connectivity index (χ4n) is 1.53. The molecule has 2 rings (SSSR count). The van der Waals surface area contributed by atoms with Crippen LogP contribution >= 0.6 is 23.2 Å². The number of pyridine rings is 1. The van der Waals surface area contributed by atoms with Crippen LogP contribution in [-0.2, 0) is 0 Å². The number of nitrogens with zero attached hydrogens (tertiary/aromatic N) is 1. The van der Waals surface area contributed by atoms with Crippen molar-refractivity contribution >= 4 is 34.6 Å². The highest BCUT2D eigenvalue weighted by Crippen LogP contribution is 2.32. The van der Waals surface area contributed by atoms with Gasteiger partial charge in [-0.25, -0.2) is 4.98 Å². The van der Waals surface area contributed by atoms with Crippen LogP contribution in [0, 0.1) is 13.8 Å². The lowest BCUT2D eigenvalue weighted by Gasteiger charge is -2.12. The number of nitrogens with one attached hydrogen (secondary N) is 1. The molecule has 1 N–H and O–H groups in total. The molecule has 17 heavy (non-hydrogen) atoms. The molecule has 88 valence electrons. The number of anilines is 2. The molecular formula is C13H12Cl2N2. The number of benzene rings is 1. The molecular weight excluding hydrogens is 255 g/mol. The van der Waals surface area contributed by atoms with Crippen LogP contribution in [0.3, 0.4) is 0 Å². The number of hydrogen-bond acceptors (Lipinski definition) is 2. The molecule has 0 fully saturated rings. The van der Waals surface area contributed by atoms with Gasteiger partial charge in [-0.15, -0.1) is 0 Å². The summed E-state index contributed by atoms with van der Waals surface area (Å²) in [6.45, 7) is 4.07. The minimum atomic E-state index is 0.374. The van der Waals surface area contributed by atoms with Gasteiger partial charge in [-0.2, -0.15) is 0 Å².